The van der Waals surface area contributed by atoms with Crippen LogP contribution in [0, 0.1) is 5.92 Å². The van der Waals surface area contributed by atoms with Crippen LogP contribution in [0.25, 0.3) is 0 Å². The van der Waals surface area contributed by atoms with Gasteiger partial charge in [-0.1, -0.05) is 25.7 Å². The van der Waals surface area contributed by atoms with Crippen LogP contribution in [0.4, 0.5) is 0 Å². The van der Waals surface area contributed by atoms with Gasteiger partial charge in [-0.25, -0.2) is 4.98 Å². The molecule has 1 fully saturated rings. The summed E-state index contributed by atoms with van der Waals surface area (Å²) in [6.07, 6.45) is 6.35. The maximum atomic E-state index is 11.2. The Hall–Kier alpha value is -1.45. The van der Waals surface area contributed by atoms with E-state index in [4.69, 9.17) is 0 Å². The van der Waals surface area contributed by atoms with Gasteiger partial charge in [-0.15, -0.1) is 0 Å². The lowest BCUT2D eigenvalue weighted by Crippen LogP contribution is -2.14. The van der Waals surface area contributed by atoms with Gasteiger partial charge in [0.15, 0.2) is 6.29 Å². The number of nitrogens with one attached hydrogen (secondary N) is 1. The molecule has 80 valence electrons. The number of carbonyl (C=O) groups is 1. The van der Waals surface area contributed by atoms with Gasteiger partial charge < -0.3 is 4.98 Å². The van der Waals surface area contributed by atoms with Gasteiger partial charge in [-0.2, -0.15) is 0 Å². The fourth-order valence-corrected chi connectivity index (χ4v) is 2.17. The van der Waals surface area contributed by atoms with Crippen LogP contribution < -0.4 is 5.56 Å². The highest BCUT2D eigenvalue weighted by Crippen LogP contribution is 2.26. The first-order valence-corrected chi connectivity index (χ1v) is 5.33. The van der Waals surface area contributed by atoms with Crippen molar-refractivity contribution in [1.82, 2.24) is 9.97 Å². The van der Waals surface area contributed by atoms with Crippen molar-refractivity contribution in [3.63, 3.8) is 0 Å². The summed E-state index contributed by atoms with van der Waals surface area (Å²) in [6, 6.07) is 1.23. The minimum atomic E-state index is -0.236. The lowest BCUT2D eigenvalue weighted by atomic mass is 10.0. The minimum absolute atomic E-state index is 0.228. The molecule has 0 spiro atoms. The molecule has 1 heterocycles. The first kappa shape index (κ1) is 10.1. The molecule has 2 rings (SSSR count). The minimum Gasteiger partial charge on any atom is -0.311 e. The normalized spacial score (nSPS) is 16.8. The molecule has 1 aliphatic rings. The van der Waals surface area contributed by atoms with Gasteiger partial charge in [0.05, 0.1) is 0 Å². The lowest BCUT2D eigenvalue weighted by Gasteiger charge is -2.07. The van der Waals surface area contributed by atoms with Crippen molar-refractivity contribution in [2.45, 2.75) is 32.1 Å². The second-order valence-corrected chi connectivity index (χ2v) is 4.09. The van der Waals surface area contributed by atoms with Crippen LogP contribution in [0.3, 0.4) is 0 Å². The molecule has 1 saturated carbocycles. The summed E-state index contributed by atoms with van der Waals surface area (Å²) in [6.45, 7) is 0. The molecule has 0 aliphatic heterocycles. The Morgan fingerprint density at radius 2 is 2.20 bits per heavy atom. The zero-order valence-electron chi connectivity index (χ0n) is 8.53. The number of aromatic amines is 1. The van der Waals surface area contributed by atoms with E-state index in [9.17, 15) is 9.59 Å². The highest BCUT2D eigenvalue weighted by atomic mass is 16.1. The zero-order valence-corrected chi connectivity index (χ0v) is 8.53. The summed E-state index contributed by atoms with van der Waals surface area (Å²) in [5.41, 5.74) is -0.00755. The SMILES string of the molecule is O=Cc1cc(=O)[nH]c(CC2CCCC2)n1. The molecule has 0 aromatic carbocycles. The molecule has 1 aromatic rings. The predicted molar refractivity (Wildman–Crippen MR) is 55.9 cm³/mol. The van der Waals surface area contributed by atoms with Gasteiger partial charge >= 0.3 is 0 Å². The summed E-state index contributed by atoms with van der Waals surface area (Å²) >= 11 is 0. The summed E-state index contributed by atoms with van der Waals surface area (Å²) in [5.74, 6) is 1.27. The van der Waals surface area contributed by atoms with Crippen molar-refractivity contribution in [2.75, 3.05) is 0 Å². The fourth-order valence-electron chi connectivity index (χ4n) is 2.17. The highest BCUT2D eigenvalue weighted by Gasteiger charge is 2.16. The number of hydrogen-bond acceptors (Lipinski definition) is 3. The lowest BCUT2D eigenvalue weighted by molar-refractivity contribution is 0.111. The Morgan fingerprint density at radius 1 is 1.47 bits per heavy atom. The first-order chi connectivity index (χ1) is 7.28. The molecule has 1 aliphatic carbocycles. The molecule has 0 atom stereocenters. The number of aromatic nitrogens is 2. The van der Waals surface area contributed by atoms with E-state index in [1.165, 1.54) is 31.7 Å². The van der Waals surface area contributed by atoms with Gasteiger partial charge in [0, 0.05) is 12.5 Å². The largest absolute Gasteiger partial charge is 0.311 e. The van der Waals surface area contributed by atoms with Crippen molar-refractivity contribution in [3.05, 3.63) is 27.9 Å². The molecule has 4 heteroatoms. The summed E-state index contributed by atoms with van der Waals surface area (Å²) < 4.78 is 0. The topological polar surface area (TPSA) is 62.8 Å². The van der Waals surface area contributed by atoms with Gasteiger partial charge in [0.1, 0.15) is 11.5 Å². The maximum Gasteiger partial charge on any atom is 0.251 e. The number of H-pyrrole nitrogens is 1. The number of rotatable bonds is 3. The maximum absolute atomic E-state index is 11.2. The van der Waals surface area contributed by atoms with Crippen LogP contribution in [0.5, 0.6) is 0 Å². The van der Waals surface area contributed by atoms with E-state index in [-0.39, 0.29) is 11.3 Å². The van der Waals surface area contributed by atoms with E-state index >= 15 is 0 Å². The van der Waals surface area contributed by atoms with E-state index in [2.05, 4.69) is 9.97 Å². The van der Waals surface area contributed by atoms with Crippen molar-refractivity contribution < 1.29 is 4.79 Å². The van der Waals surface area contributed by atoms with Crippen molar-refractivity contribution in [1.29, 1.82) is 0 Å². The third-order valence-corrected chi connectivity index (χ3v) is 2.89. The molecular formula is C11H14N2O2. The number of carbonyl (C=O) groups excluding carboxylic acids is 1. The third kappa shape index (κ3) is 2.52. The third-order valence-electron chi connectivity index (χ3n) is 2.89. The first-order valence-electron chi connectivity index (χ1n) is 5.33. The van der Waals surface area contributed by atoms with E-state index in [1.54, 1.807) is 0 Å². The molecule has 1 aromatic heterocycles. The Balaban J connectivity index is 2.16. The standard InChI is InChI=1S/C11H14N2O2/c14-7-9-6-11(15)13-10(12-9)5-8-3-1-2-4-8/h6-8H,1-5H2,(H,12,13,15). The van der Waals surface area contributed by atoms with Crippen molar-refractivity contribution in [3.8, 4) is 0 Å². The van der Waals surface area contributed by atoms with Crippen LogP contribution in [-0.2, 0) is 6.42 Å². The average molecular weight is 206 g/mol. The summed E-state index contributed by atoms with van der Waals surface area (Å²) in [5, 5.41) is 0. The van der Waals surface area contributed by atoms with Crippen molar-refractivity contribution in [2.24, 2.45) is 5.92 Å². The van der Waals surface area contributed by atoms with E-state index < -0.39 is 0 Å². The number of hydrogen-bond donors (Lipinski definition) is 1. The Bertz CT molecular complexity index is 405. The van der Waals surface area contributed by atoms with Crippen LogP contribution in [-0.4, -0.2) is 16.3 Å². The molecule has 15 heavy (non-hydrogen) atoms. The second-order valence-electron chi connectivity index (χ2n) is 4.09. The Labute approximate surface area is 87.7 Å². The number of aldehydes is 1. The van der Waals surface area contributed by atoms with Crippen LogP contribution in [0.1, 0.15) is 42.0 Å². The Morgan fingerprint density at radius 3 is 2.87 bits per heavy atom. The average Bonchev–Trinajstić information content (AvgIpc) is 2.69. The molecule has 0 amide bonds. The van der Waals surface area contributed by atoms with Crippen LogP contribution >= 0.6 is 0 Å². The Kier molecular flexibility index (Phi) is 2.94. The van der Waals surface area contributed by atoms with E-state index in [0.29, 0.717) is 18.0 Å². The van der Waals surface area contributed by atoms with Gasteiger partial charge in [-0.05, 0) is 5.92 Å². The summed E-state index contributed by atoms with van der Waals surface area (Å²) in [7, 11) is 0. The van der Waals surface area contributed by atoms with Gasteiger partial charge in [-0.3, -0.25) is 9.59 Å². The molecule has 0 saturated heterocycles. The highest BCUT2D eigenvalue weighted by molar-refractivity contribution is 5.71. The zero-order chi connectivity index (χ0) is 10.7. The molecule has 0 bridgehead atoms. The second kappa shape index (κ2) is 4.38. The number of nitrogens with zero attached hydrogens (tertiary/aromatic N) is 1. The molecule has 0 unspecified atom stereocenters. The van der Waals surface area contributed by atoms with E-state index in [0.717, 1.165) is 6.42 Å². The monoisotopic (exact) mass is 206 g/mol. The molecular weight excluding hydrogens is 192 g/mol. The quantitative estimate of drug-likeness (QED) is 0.758. The fraction of sp³-hybridized carbons (Fsp3) is 0.545. The predicted octanol–water partition coefficient (Wildman–Crippen LogP) is 1.32. The van der Waals surface area contributed by atoms with Gasteiger partial charge in [0.2, 0.25) is 0 Å². The molecule has 4 nitrogen and oxygen atoms in total. The van der Waals surface area contributed by atoms with Gasteiger partial charge in [0.25, 0.3) is 5.56 Å². The molecule has 1 N–H and O–H groups in total. The molecule has 0 radical (unpaired) electrons. The smallest absolute Gasteiger partial charge is 0.251 e. The summed E-state index contributed by atoms with van der Waals surface area (Å²) in [4.78, 5) is 28.5. The van der Waals surface area contributed by atoms with Crippen LogP contribution in [0.15, 0.2) is 10.9 Å². The van der Waals surface area contributed by atoms with E-state index in [1.807, 2.05) is 0 Å². The van der Waals surface area contributed by atoms with Crippen LogP contribution in [0.2, 0.25) is 0 Å². The van der Waals surface area contributed by atoms with Crippen molar-refractivity contribution >= 4 is 6.29 Å².